The van der Waals surface area contributed by atoms with Crippen molar-refractivity contribution in [3.8, 4) is 0 Å². The minimum absolute atomic E-state index is 1.11. The Labute approximate surface area is 77.7 Å². The van der Waals surface area contributed by atoms with Gasteiger partial charge in [0, 0.05) is 0 Å². The van der Waals surface area contributed by atoms with Crippen LogP contribution in [0.1, 0.15) is 41.0 Å². The molecule has 0 aromatic carbocycles. The van der Waals surface area contributed by atoms with Crippen molar-refractivity contribution in [3.05, 3.63) is 36.0 Å². The summed E-state index contributed by atoms with van der Waals surface area (Å²) in [6.07, 6.45) is 11.6. The lowest BCUT2D eigenvalue weighted by molar-refractivity contribution is 1.22. The fraction of sp³-hybridized carbons (Fsp3) is 0.500. The van der Waals surface area contributed by atoms with Gasteiger partial charge in [-0.15, -0.1) is 0 Å². The molecule has 0 heterocycles. The monoisotopic (exact) mass is 166 g/mol. The van der Waals surface area contributed by atoms with Gasteiger partial charge in [-0.1, -0.05) is 56.7 Å². The van der Waals surface area contributed by atoms with Crippen LogP contribution in [0.15, 0.2) is 36.0 Å². The Morgan fingerprint density at radius 2 is 1.83 bits per heavy atom. The van der Waals surface area contributed by atoms with Crippen molar-refractivity contribution in [2.75, 3.05) is 0 Å². The van der Waals surface area contributed by atoms with E-state index in [-0.39, 0.29) is 0 Å². The summed E-state index contributed by atoms with van der Waals surface area (Å²) in [5.74, 6) is 0. The molecule has 0 heteroatoms. The lowest BCUT2D eigenvalue weighted by Crippen LogP contribution is -1.64. The zero-order chi connectivity index (χ0) is 9.82. The molecule has 0 saturated carbocycles. The van der Waals surface area contributed by atoms with E-state index in [1.807, 2.05) is 26.8 Å². The number of hydrogen-bond donors (Lipinski definition) is 0. The van der Waals surface area contributed by atoms with Crippen LogP contribution < -0.4 is 0 Å². The second-order valence-corrected chi connectivity index (χ2v) is 2.25. The molecular weight excluding hydrogens is 144 g/mol. The summed E-state index contributed by atoms with van der Waals surface area (Å²) >= 11 is 0. The van der Waals surface area contributed by atoms with E-state index >= 15 is 0 Å². The summed E-state index contributed by atoms with van der Waals surface area (Å²) in [5, 5.41) is 0. The van der Waals surface area contributed by atoms with Crippen molar-refractivity contribution >= 4 is 0 Å². The summed E-state index contributed by atoms with van der Waals surface area (Å²) in [6, 6.07) is 0. The Morgan fingerprint density at radius 1 is 1.25 bits per heavy atom. The van der Waals surface area contributed by atoms with E-state index in [0.717, 1.165) is 6.42 Å². The number of hydrogen-bond acceptors (Lipinski definition) is 0. The number of rotatable bonds is 3. The summed E-state index contributed by atoms with van der Waals surface area (Å²) < 4.78 is 0. The molecule has 12 heavy (non-hydrogen) atoms. The third-order valence-corrected chi connectivity index (χ3v) is 1.17. The van der Waals surface area contributed by atoms with Crippen molar-refractivity contribution in [2.24, 2.45) is 0 Å². The van der Waals surface area contributed by atoms with E-state index in [2.05, 4.69) is 38.2 Å². The summed E-state index contributed by atoms with van der Waals surface area (Å²) in [6.45, 7) is 10.3. The van der Waals surface area contributed by atoms with Gasteiger partial charge in [-0.25, -0.2) is 0 Å². The van der Waals surface area contributed by atoms with Crippen LogP contribution in [0.3, 0.4) is 0 Å². The molecule has 0 N–H and O–H groups in total. The van der Waals surface area contributed by atoms with E-state index in [1.165, 1.54) is 5.57 Å². The third-order valence-electron chi connectivity index (χ3n) is 1.17. The van der Waals surface area contributed by atoms with Crippen molar-refractivity contribution < 1.29 is 0 Å². The van der Waals surface area contributed by atoms with Crippen LogP contribution in [-0.4, -0.2) is 0 Å². The first kappa shape index (κ1) is 13.8. The van der Waals surface area contributed by atoms with Gasteiger partial charge < -0.3 is 0 Å². The Morgan fingerprint density at radius 3 is 2.25 bits per heavy atom. The molecule has 0 rings (SSSR count). The predicted octanol–water partition coefficient (Wildman–Crippen LogP) is 4.50. The molecule has 0 spiro atoms. The fourth-order valence-electron chi connectivity index (χ4n) is 0.607. The smallest absolute Gasteiger partial charge is 0.0376 e. The topological polar surface area (TPSA) is 0 Å². The molecule has 0 radical (unpaired) electrons. The zero-order valence-electron chi connectivity index (χ0n) is 9.09. The molecule has 0 aliphatic carbocycles. The third kappa shape index (κ3) is 12.0. The minimum Gasteiger partial charge on any atom is -0.0877 e. The zero-order valence-corrected chi connectivity index (χ0v) is 9.09. The minimum atomic E-state index is 1.11. The summed E-state index contributed by atoms with van der Waals surface area (Å²) in [5.41, 5.74) is 1.31. The molecule has 0 amide bonds. The Kier molecular flexibility index (Phi) is 14.8. The van der Waals surface area contributed by atoms with Gasteiger partial charge in [0.25, 0.3) is 0 Å². The van der Waals surface area contributed by atoms with Gasteiger partial charge >= 0.3 is 0 Å². The maximum absolute atomic E-state index is 2.16. The Hall–Kier alpha value is -0.780. The van der Waals surface area contributed by atoms with Crippen LogP contribution in [0.2, 0.25) is 0 Å². The molecule has 0 aliphatic heterocycles. The molecule has 0 aliphatic rings. The van der Waals surface area contributed by atoms with Crippen LogP contribution in [0.4, 0.5) is 0 Å². The average molecular weight is 166 g/mol. The maximum atomic E-state index is 2.16. The number of allylic oxidation sites excluding steroid dienone is 6. The quantitative estimate of drug-likeness (QED) is 0.541. The molecule has 0 aromatic rings. The normalized spacial score (nSPS) is 11.9. The van der Waals surface area contributed by atoms with E-state index in [4.69, 9.17) is 0 Å². The highest BCUT2D eigenvalue weighted by Gasteiger charge is 1.74. The van der Waals surface area contributed by atoms with Crippen LogP contribution in [-0.2, 0) is 0 Å². The van der Waals surface area contributed by atoms with Gasteiger partial charge in [0.1, 0.15) is 0 Å². The molecule has 0 bridgehead atoms. The van der Waals surface area contributed by atoms with E-state index in [1.54, 1.807) is 0 Å². The molecule has 0 fully saturated rings. The first-order valence-electron chi connectivity index (χ1n) is 4.77. The fourth-order valence-corrected chi connectivity index (χ4v) is 0.607. The lowest BCUT2D eigenvalue weighted by atomic mass is 10.2. The van der Waals surface area contributed by atoms with E-state index in [9.17, 15) is 0 Å². The van der Waals surface area contributed by atoms with Crippen LogP contribution >= 0.6 is 0 Å². The Bertz CT molecular complexity index is 147. The lowest BCUT2D eigenvalue weighted by Gasteiger charge is -1.85. The van der Waals surface area contributed by atoms with Gasteiger partial charge in [0.15, 0.2) is 0 Å². The van der Waals surface area contributed by atoms with Gasteiger partial charge in [0.2, 0.25) is 0 Å². The van der Waals surface area contributed by atoms with Crippen molar-refractivity contribution in [1.82, 2.24) is 0 Å². The summed E-state index contributed by atoms with van der Waals surface area (Å²) in [4.78, 5) is 0. The van der Waals surface area contributed by atoms with Gasteiger partial charge in [-0.3, -0.25) is 0 Å². The maximum Gasteiger partial charge on any atom is -0.0376 e. The standard InChI is InChI=1S/C10H16.C2H6/c1-4-6-8-10(3)9-7-5-2;1-2/h4,6-9H,5H2,1-3H3;1-2H3/b6-4-,9-7+,10-8-;. The van der Waals surface area contributed by atoms with Crippen molar-refractivity contribution in [1.29, 1.82) is 0 Å². The second kappa shape index (κ2) is 12.9. The molecule has 0 nitrogen and oxygen atoms in total. The molecule has 0 atom stereocenters. The summed E-state index contributed by atoms with van der Waals surface area (Å²) in [7, 11) is 0. The van der Waals surface area contributed by atoms with Gasteiger partial charge in [0.05, 0.1) is 0 Å². The predicted molar refractivity (Wildman–Crippen MR) is 59.4 cm³/mol. The van der Waals surface area contributed by atoms with E-state index < -0.39 is 0 Å². The van der Waals surface area contributed by atoms with Crippen LogP contribution in [0.25, 0.3) is 0 Å². The highest BCUT2D eigenvalue weighted by molar-refractivity contribution is 5.20. The molecule has 0 aromatic heterocycles. The van der Waals surface area contributed by atoms with Gasteiger partial charge in [-0.05, 0) is 20.3 Å². The van der Waals surface area contributed by atoms with Gasteiger partial charge in [-0.2, -0.15) is 0 Å². The van der Waals surface area contributed by atoms with Crippen LogP contribution in [0, 0.1) is 0 Å². The molecular formula is C12H22. The molecule has 0 saturated heterocycles. The second-order valence-electron chi connectivity index (χ2n) is 2.25. The first-order chi connectivity index (χ1) is 5.81. The Balaban J connectivity index is 0. The van der Waals surface area contributed by atoms with Crippen molar-refractivity contribution in [2.45, 2.75) is 41.0 Å². The van der Waals surface area contributed by atoms with E-state index in [0.29, 0.717) is 0 Å². The first-order valence-corrected chi connectivity index (χ1v) is 4.77. The molecule has 0 unspecified atom stereocenters. The van der Waals surface area contributed by atoms with Crippen LogP contribution in [0.5, 0.6) is 0 Å². The van der Waals surface area contributed by atoms with Crippen molar-refractivity contribution in [3.63, 3.8) is 0 Å². The molecule has 70 valence electrons. The highest BCUT2D eigenvalue weighted by Crippen LogP contribution is 1.95. The average Bonchev–Trinajstić information content (AvgIpc) is 2.14. The highest BCUT2D eigenvalue weighted by atomic mass is 13.8. The SMILES string of the molecule is CC.C\C=C/C=C(C)\C=C\CC. The largest absolute Gasteiger partial charge is 0.0877 e.